The Labute approximate surface area is 125 Å². The molecule has 108 valence electrons. The van der Waals surface area contributed by atoms with E-state index in [-0.39, 0.29) is 18.3 Å². The topological polar surface area (TPSA) is 55.6 Å². The van der Waals surface area contributed by atoms with Gasteiger partial charge in [-0.1, -0.05) is 6.07 Å². The Morgan fingerprint density at radius 1 is 1.53 bits per heavy atom. The maximum absolute atomic E-state index is 11.7. The maximum atomic E-state index is 11.7. The SMILES string of the molecule is COc1cc(CN(C)C(=O)[C@H](C)N)ccc1SC.Cl. The van der Waals surface area contributed by atoms with Crippen molar-refractivity contribution in [2.75, 3.05) is 20.4 Å². The molecule has 1 aromatic rings. The number of ether oxygens (including phenoxy) is 1. The van der Waals surface area contributed by atoms with E-state index in [1.54, 1.807) is 37.7 Å². The summed E-state index contributed by atoms with van der Waals surface area (Å²) < 4.78 is 5.32. The minimum Gasteiger partial charge on any atom is -0.496 e. The molecular weight excluding hydrogens is 284 g/mol. The van der Waals surface area contributed by atoms with Crippen molar-refractivity contribution in [3.63, 3.8) is 0 Å². The Balaban J connectivity index is 0.00000324. The van der Waals surface area contributed by atoms with E-state index in [4.69, 9.17) is 10.5 Å². The molecule has 0 heterocycles. The molecule has 4 nitrogen and oxygen atoms in total. The van der Waals surface area contributed by atoms with Gasteiger partial charge in [-0.15, -0.1) is 24.2 Å². The van der Waals surface area contributed by atoms with Gasteiger partial charge in [0.1, 0.15) is 5.75 Å². The smallest absolute Gasteiger partial charge is 0.239 e. The lowest BCUT2D eigenvalue weighted by molar-refractivity contribution is -0.131. The minimum absolute atomic E-state index is 0. The highest BCUT2D eigenvalue weighted by Gasteiger charge is 2.14. The van der Waals surface area contributed by atoms with E-state index in [9.17, 15) is 4.79 Å². The van der Waals surface area contributed by atoms with Crippen molar-refractivity contribution < 1.29 is 9.53 Å². The predicted molar refractivity (Wildman–Crippen MR) is 82.1 cm³/mol. The molecule has 0 aliphatic carbocycles. The number of carbonyl (C=O) groups excluding carboxylic acids is 1. The van der Waals surface area contributed by atoms with E-state index in [1.807, 2.05) is 24.5 Å². The van der Waals surface area contributed by atoms with E-state index >= 15 is 0 Å². The van der Waals surface area contributed by atoms with Gasteiger partial charge in [0.25, 0.3) is 0 Å². The van der Waals surface area contributed by atoms with Crippen LogP contribution in [0, 0.1) is 0 Å². The summed E-state index contributed by atoms with van der Waals surface area (Å²) in [6.07, 6.45) is 2.00. The number of hydrogen-bond acceptors (Lipinski definition) is 4. The van der Waals surface area contributed by atoms with Crippen LogP contribution in [-0.2, 0) is 11.3 Å². The van der Waals surface area contributed by atoms with Crippen LogP contribution in [0.5, 0.6) is 5.75 Å². The lowest BCUT2D eigenvalue weighted by Crippen LogP contribution is -2.39. The lowest BCUT2D eigenvalue weighted by atomic mass is 10.2. The van der Waals surface area contributed by atoms with Gasteiger partial charge >= 0.3 is 0 Å². The summed E-state index contributed by atoms with van der Waals surface area (Å²) in [5.74, 6) is 0.768. The van der Waals surface area contributed by atoms with Crippen molar-refractivity contribution in [3.05, 3.63) is 23.8 Å². The highest BCUT2D eigenvalue weighted by molar-refractivity contribution is 7.98. The molecule has 1 rings (SSSR count). The van der Waals surface area contributed by atoms with Crippen LogP contribution in [0.3, 0.4) is 0 Å². The third-order valence-electron chi connectivity index (χ3n) is 2.63. The van der Waals surface area contributed by atoms with Crippen molar-refractivity contribution in [3.8, 4) is 5.75 Å². The molecule has 2 N–H and O–H groups in total. The second-order valence-corrected chi connectivity index (χ2v) is 5.02. The third-order valence-corrected chi connectivity index (χ3v) is 3.41. The molecular formula is C13H21ClN2O2S. The molecule has 0 aliphatic rings. The van der Waals surface area contributed by atoms with Gasteiger partial charge < -0.3 is 15.4 Å². The van der Waals surface area contributed by atoms with E-state index in [0.717, 1.165) is 16.2 Å². The molecule has 1 aromatic carbocycles. The molecule has 0 fully saturated rings. The Bertz CT molecular complexity index is 427. The second kappa shape index (κ2) is 8.30. The molecule has 0 aliphatic heterocycles. The number of methoxy groups -OCH3 is 1. The molecule has 0 saturated carbocycles. The molecule has 19 heavy (non-hydrogen) atoms. The highest BCUT2D eigenvalue weighted by Crippen LogP contribution is 2.28. The number of benzene rings is 1. The largest absolute Gasteiger partial charge is 0.496 e. The van der Waals surface area contributed by atoms with Gasteiger partial charge in [-0.3, -0.25) is 4.79 Å². The lowest BCUT2D eigenvalue weighted by Gasteiger charge is -2.20. The Morgan fingerprint density at radius 2 is 2.16 bits per heavy atom. The number of rotatable bonds is 5. The quantitative estimate of drug-likeness (QED) is 0.847. The molecule has 1 atom stereocenters. The van der Waals surface area contributed by atoms with Gasteiger partial charge in [0.05, 0.1) is 13.2 Å². The molecule has 0 spiro atoms. The van der Waals surface area contributed by atoms with Gasteiger partial charge in [0.2, 0.25) is 5.91 Å². The maximum Gasteiger partial charge on any atom is 0.239 e. The van der Waals surface area contributed by atoms with E-state index < -0.39 is 6.04 Å². The summed E-state index contributed by atoms with van der Waals surface area (Å²) in [5.41, 5.74) is 6.60. The third kappa shape index (κ3) is 4.93. The van der Waals surface area contributed by atoms with Gasteiger partial charge in [0.15, 0.2) is 0 Å². The van der Waals surface area contributed by atoms with Gasteiger partial charge in [-0.25, -0.2) is 0 Å². The monoisotopic (exact) mass is 304 g/mol. The average molecular weight is 305 g/mol. The van der Waals surface area contributed by atoms with Gasteiger partial charge in [0, 0.05) is 18.5 Å². The van der Waals surface area contributed by atoms with Crippen LogP contribution >= 0.6 is 24.2 Å². The number of halogens is 1. The van der Waals surface area contributed by atoms with Crippen LogP contribution in [0.25, 0.3) is 0 Å². The highest BCUT2D eigenvalue weighted by atomic mass is 35.5. The first kappa shape index (κ1) is 18.1. The van der Waals surface area contributed by atoms with Crippen molar-refractivity contribution in [1.82, 2.24) is 4.90 Å². The van der Waals surface area contributed by atoms with Crippen molar-refractivity contribution in [1.29, 1.82) is 0 Å². The van der Waals surface area contributed by atoms with E-state index in [2.05, 4.69) is 0 Å². The first-order valence-electron chi connectivity index (χ1n) is 5.71. The Morgan fingerprint density at radius 3 is 2.63 bits per heavy atom. The zero-order valence-corrected chi connectivity index (χ0v) is 13.3. The zero-order valence-electron chi connectivity index (χ0n) is 11.7. The molecule has 0 bridgehead atoms. The first-order valence-corrected chi connectivity index (χ1v) is 6.93. The van der Waals surface area contributed by atoms with Crippen LogP contribution in [0.1, 0.15) is 12.5 Å². The van der Waals surface area contributed by atoms with E-state index in [1.165, 1.54) is 0 Å². The van der Waals surface area contributed by atoms with Crippen LogP contribution in [0.4, 0.5) is 0 Å². The normalized spacial score (nSPS) is 11.4. The summed E-state index contributed by atoms with van der Waals surface area (Å²) in [7, 11) is 3.40. The Hall–Kier alpha value is -0.910. The molecule has 0 aromatic heterocycles. The van der Waals surface area contributed by atoms with E-state index in [0.29, 0.717) is 6.54 Å². The van der Waals surface area contributed by atoms with Crippen LogP contribution in [-0.4, -0.2) is 37.3 Å². The average Bonchev–Trinajstić information content (AvgIpc) is 2.37. The van der Waals surface area contributed by atoms with Crippen molar-refractivity contribution >= 4 is 30.1 Å². The number of nitrogens with two attached hydrogens (primary N) is 1. The fraction of sp³-hybridized carbons (Fsp3) is 0.462. The minimum atomic E-state index is -0.470. The fourth-order valence-electron chi connectivity index (χ4n) is 1.68. The summed E-state index contributed by atoms with van der Waals surface area (Å²) >= 11 is 1.63. The summed E-state index contributed by atoms with van der Waals surface area (Å²) in [5, 5.41) is 0. The summed E-state index contributed by atoms with van der Waals surface area (Å²) in [4.78, 5) is 14.4. The number of nitrogens with zero attached hydrogens (tertiary/aromatic N) is 1. The van der Waals surface area contributed by atoms with Crippen molar-refractivity contribution in [2.24, 2.45) is 5.73 Å². The van der Waals surface area contributed by atoms with Gasteiger partial charge in [-0.2, -0.15) is 0 Å². The number of hydrogen-bond donors (Lipinski definition) is 1. The molecule has 0 radical (unpaired) electrons. The summed E-state index contributed by atoms with van der Waals surface area (Å²) in [6, 6.07) is 5.49. The van der Waals surface area contributed by atoms with Crippen LogP contribution in [0.2, 0.25) is 0 Å². The number of carbonyl (C=O) groups is 1. The predicted octanol–water partition coefficient (Wildman–Crippen LogP) is 2.14. The van der Waals surface area contributed by atoms with Crippen molar-refractivity contribution in [2.45, 2.75) is 24.4 Å². The van der Waals surface area contributed by atoms with Gasteiger partial charge in [-0.05, 0) is 30.9 Å². The number of amides is 1. The molecule has 0 saturated heterocycles. The summed E-state index contributed by atoms with van der Waals surface area (Å²) in [6.45, 7) is 2.22. The second-order valence-electron chi connectivity index (χ2n) is 4.17. The zero-order chi connectivity index (χ0) is 13.7. The fourth-order valence-corrected chi connectivity index (χ4v) is 2.23. The molecule has 1 amide bonds. The molecule has 6 heteroatoms. The first-order chi connectivity index (χ1) is 8.49. The van der Waals surface area contributed by atoms with Crippen LogP contribution in [0.15, 0.2) is 23.1 Å². The Kier molecular flexibility index (Phi) is 7.90. The standard InChI is InChI=1S/C13H20N2O2S.ClH/c1-9(14)13(16)15(2)8-10-5-6-12(18-4)11(7-10)17-3;/h5-7,9H,8,14H2,1-4H3;1H/t9-;/m0./s1. The van der Waals surface area contributed by atoms with Crippen LogP contribution < -0.4 is 10.5 Å². The number of thioether (sulfide) groups is 1. The number of likely N-dealkylation sites (N-methyl/N-ethyl adjacent to an activating group) is 1. The molecule has 0 unspecified atom stereocenters.